The molecule has 1 fully saturated rings. The minimum Gasteiger partial charge on any atom is -0.313 e. The maximum atomic E-state index is 13.7. The van der Waals surface area contributed by atoms with Crippen LogP contribution in [-0.2, 0) is 6.42 Å². The van der Waals surface area contributed by atoms with Crippen LogP contribution in [0.5, 0.6) is 0 Å². The summed E-state index contributed by atoms with van der Waals surface area (Å²) >= 11 is 1.63. The highest BCUT2D eigenvalue weighted by molar-refractivity contribution is 7.16. The molecule has 4 rings (SSSR count). The molecule has 0 spiro atoms. The van der Waals surface area contributed by atoms with E-state index >= 15 is 0 Å². The van der Waals surface area contributed by atoms with Gasteiger partial charge in [-0.15, -0.1) is 11.3 Å². The number of hydrogen-bond acceptors (Lipinski definition) is 4. The fraction of sp³-hybridized carbons (Fsp3) is 0.346. The summed E-state index contributed by atoms with van der Waals surface area (Å²) in [5.41, 5.74) is 2.78. The molecular formula is C26H30FN3OS. The fourth-order valence-corrected chi connectivity index (χ4v) is 5.29. The first-order valence-electron chi connectivity index (χ1n) is 11.3. The van der Waals surface area contributed by atoms with Crippen molar-refractivity contribution in [1.29, 1.82) is 0 Å². The zero-order chi connectivity index (χ0) is 22.5. The first-order chi connectivity index (χ1) is 15.6. The van der Waals surface area contributed by atoms with E-state index in [9.17, 15) is 9.18 Å². The number of carbonyl (C=O) groups excluding carboxylic acids is 1. The van der Waals surface area contributed by atoms with Crippen LogP contribution in [0.3, 0.4) is 0 Å². The second-order valence-corrected chi connectivity index (χ2v) is 9.23. The van der Waals surface area contributed by atoms with Crippen molar-refractivity contribution in [2.45, 2.75) is 26.3 Å². The van der Waals surface area contributed by atoms with Crippen molar-refractivity contribution in [3.63, 3.8) is 0 Å². The number of rotatable bonds is 7. The average Bonchev–Trinajstić information content (AvgIpc) is 3.23. The van der Waals surface area contributed by atoms with Crippen LogP contribution in [0.4, 0.5) is 9.39 Å². The minimum absolute atomic E-state index is 0.0303. The molecule has 6 heteroatoms. The van der Waals surface area contributed by atoms with Gasteiger partial charge in [0.05, 0.1) is 6.04 Å². The molecule has 168 valence electrons. The van der Waals surface area contributed by atoms with Gasteiger partial charge < -0.3 is 10.2 Å². The van der Waals surface area contributed by atoms with Gasteiger partial charge in [0.1, 0.15) is 10.8 Å². The number of nitrogens with zero attached hydrogens (tertiary/aromatic N) is 2. The largest absolute Gasteiger partial charge is 0.313 e. The zero-order valence-electron chi connectivity index (χ0n) is 18.7. The number of nitrogens with one attached hydrogen (secondary N) is 1. The molecule has 2 aromatic carbocycles. The van der Waals surface area contributed by atoms with Crippen molar-refractivity contribution >= 4 is 22.2 Å². The second kappa shape index (κ2) is 10.4. The van der Waals surface area contributed by atoms with Gasteiger partial charge in [0.2, 0.25) is 0 Å². The maximum Gasteiger partial charge on any atom is 0.256 e. The van der Waals surface area contributed by atoms with Crippen molar-refractivity contribution < 1.29 is 9.18 Å². The van der Waals surface area contributed by atoms with E-state index in [1.807, 2.05) is 42.5 Å². The molecule has 2 heterocycles. The van der Waals surface area contributed by atoms with Crippen LogP contribution in [0.1, 0.15) is 46.3 Å². The number of benzene rings is 2. The number of thiophene rings is 1. The molecule has 0 unspecified atom stereocenters. The first kappa shape index (κ1) is 22.6. The lowest BCUT2D eigenvalue weighted by atomic mass is 9.97. The molecule has 0 bridgehead atoms. The molecule has 0 saturated carbocycles. The Kier molecular flexibility index (Phi) is 7.35. The van der Waals surface area contributed by atoms with Gasteiger partial charge in [0.25, 0.3) is 5.91 Å². The van der Waals surface area contributed by atoms with Crippen LogP contribution in [0.2, 0.25) is 0 Å². The molecule has 4 nitrogen and oxygen atoms in total. The number of amides is 1. The standard InChI is InChI=1S/C26H30FN3OS/c1-3-22-18-23(26(32-22)28-25(31)20-8-6-5-7-9-20)24(19-10-12-21(27)13-11-19)30-16-14-29(4-2)15-17-30/h5-13,18,24H,3-4,14-17H2,1-2H3,(H,28,31)/t24-/m1/s1. The zero-order valence-corrected chi connectivity index (χ0v) is 19.5. The Morgan fingerprint density at radius 3 is 2.34 bits per heavy atom. The average molecular weight is 452 g/mol. The summed E-state index contributed by atoms with van der Waals surface area (Å²) < 4.78 is 13.7. The SMILES string of the molecule is CCc1cc([C@@H](c2ccc(F)cc2)N2CCN(CC)CC2)c(NC(=O)c2ccccc2)s1. The molecule has 1 atom stereocenters. The van der Waals surface area contributed by atoms with Gasteiger partial charge in [-0.05, 0) is 48.9 Å². The second-order valence-electron chi connectivity index (χ2n) is 8.10. The van der Waals surface area contributed by atoms with Gasteiger partial charge in [-0.3, -0.25) is 9.69 Å². The van der Waals surface area contributed by atoms with E-state index in [0.29, 0.717) is 5.56 Å². The third-order valence-electron chi connectivity index (χ3n) is 6.12. The van der Waals surface area contributed by atoms with Crippen molar-refractivity contribution in [3.8, 4) is 0 Å². The molecule has 1 aliphatic rings. The van der Waals surface area contributed by atoms with Crippen LogP contribution in [-0.4, -0.2) is 48.4 Å². The molecular weight excluding hydrogens is 421 g/mol. The number of hydrogen-bond donors (Lipinski definition) is 1. The lowest BCUT2D eigenvalue weighted by Gasteiger charge is -2.39. The molecule has 1 amide bonds. The number of likely N-dealkylation sites (N-methyl/N-ethyl adjacent to an activating group) is 1. The maximum absolute atomic E-state index is 13.7. The molecule has 0 aliphatic carbocycles. The van der Waals surface area contributed by atoms with E-state index in [-0.39, 0.29) is 17.8 Å². The van der Waals surface area contributed by atoms with E-state index in [1.165, 1.54) is 17.0 Å². The highest BCUT2D eigenvalue weighted by Gasteiger charge is 2.29. The van der Waals surface area contributed by atoms with Crippen LogP contribution >= 0.6 is 11.3 Å². The summed E-state index contributed by atoms with van der Waals surface area (Å²) in [6.07, 6.45) is 0.901. The Hall–Kier alpha value is -2.54. The van der Waals surface area contributed by atoms with Crippen LogP contribution in [0.25, 0.3) is 0 Å². The highest BCUT2D eigenvalue weighted by Crippen LogP contribution is 2.40. The summed E-state index contributed by atoms with van der Waals surface area (Å²) in [5, 5.41) is 4.05. The molecule has 1 aliphatic heterocycles. The van der Waals surface area contributed by atoms with Gasteiger partial charge in [-0.1, -0.05) is 44.2 Å². The van der Waals surface area contributed by atoms with E-state index in [2.05, 4.69) is 35.0 Å². The Morgan fingerprint density at radius 1 is 1.03 bits per heavy atom. The Bertz CT molecular complexity index is 1030. The molecule has 1 aromatic heterocycles. The monoisotopic (exact) mass is 451 g/mol. The summed E-state index contributed by atoms with van der Waals surface area (Å²) in [6, 6.07) is 18.3. The number of piperazine rings is 1. The van der Waals surface area contributed by atoms with Gasteiger partial charge >= 0.3 is 0 Å². The van der Waals surface area contributed by atoms with Crippen LogP contribution in [0.15, 0.2) is 60.7 Å². The van der Waals surface area contributed by atoms with Gasteiger partial charge in [0.15, 0.2) is 0 Å². The predicted octanol–water partition coefficient (Wildman–Crippen LogP) is 5.43. The summed E-state index contributed by atoms with van der Waals surface area (Å²) in [6.45, 7) is 9.24. The van der Waals surface area contributed by atoms with Crippen LogP contribution in [0, 0.1) is 5.82 Å². The fourth-order valence-electron chi connectivity index (χ4n) is 4.27. The first-order valence-corrected chi connectivity index (χ1v) is 12.1. The Balaban J connectivity index is 1.71. The van der Waals surface area contributed by atoms with Crippen molar-refractivity contribution in [2.75, 3.05) is 38.0 Å². The quantitative estimate of drug-likeness (QED) is 0.520. The van der Waals surface area contributed by atoms with Gasteiger partial charge in [-0.2, -0.15) is 0 Å². The third kappa shape index (κ3) is 5.09. The molecule has 3 aromatic rings. The smallest absolute Gasteiger partial charge is 0.256 e. The summed E-state index contributed by atoms with van der Waals surface area (Å²) in [7, 11) is 0. The number of halogens is 1. The predicted molar refractivity (Wildman–Crippen MR) is 130 cm³/mol. The van der Waals surface area contributed by atoms with Gasteiger partial charge in [-0.25, -0.2) is 4.39 Å². The Labute approximate surface area is 193 Å². The summed E-state index contributed by atoms with van der Waals surface area (Å²) in [4.78, 5) is 19.1. The molecule has 0 radical (unpaired) electrons. The van der Waals surface area contributed by atoms with Gasteiger partial charge in [0, 0.05) is 42.2 Å². The van der Waals surface area contributed by atoms with Crippen molar-refractivity contribution in [1.82, 2.24) is 9.80 Å². The number of carbonyl (C=O) groups is 1. The lowest BCUT2D eigenvalue weighted by Crippen LogP contribution is -2.47. The number of anilines is 1. The minimum atomic E-state index is -0.236. The molecule has 1 saturated heterocycles. The lowest BCUT2D eigenvalue weighted by molar-refractivity contribution is 0.102. The van der Waals surface area contributed by atoms with E-state index in [4.69, 9.17) is 0 Å². The molecule has 1 N–H and O–H groups in total. The van der Waals surface area contributed by atoms with Crippen molar-refractivity contribution in [2.24, 2.45) is 0 Å². The van der Waals surface area contributed by atoms with E-state index in [1.54, 1.807) is 11.3 Å². The third-order valence-corrected chi connectivity index (χ3v) is 7.33. The van der Waals surface area contributed by atoms with E-state index in [0.717, 1.165) is 55.3 Å². The Morgan fingerprint density at radius 2 is 1.72 bits per heavy atom. The van der Waals surface area contributed by atoms with E-state index < -0.39 is 0 Å². The van der Waals surface area contributed by atoms with Crippen molar-refractivity contribution in [3.05, 3.63) is 88.0 Å². The van der Waals surface area contributed by atoms with Crippen LogP contribution < -0.4 is 5.32 Å². The topological polar surface area (TPSA) is 35.6 Å². The summed E-state index contributed by atoms with van der Waals surface area (Å²) in [5.74, 6) is -0.342. The normalized spacial score (nSPS) is 16.1. The number of aryl methyl sites for hydroxylation is 1. The molecule has 32 heavy (non-hydrogen) atoms. The highest BCUT2D eigenvalue weighted by atomic mass is 32.1.